The summed E-state index contributed by atoms with van der Waals surface area (Å²) in [5.74, 6) is -2.48. The van der Waals surface area contributed by atoms with Crippen molar-refractivity contribution in [2.24, 2.45) is 10.7 Å². The quantitative estimate of drug-likeness (QED) is 0.688. The van der Waals surface area contributed by atoms with Crippen LogP contribution in [0.4, 0.5) is 8.78 Å². The number of nitrogens with two attached hydrogens (primary N) is 1. The van der Waals surface area contributed by atoms with E-state index in [-0.39, 0.29) is 0 Å². The fraction of sp³-hybridized carbons (Fsp3) is 0.400. The molecule has 2 rings (SSSR count). The van der Waals surface area contributed by atoms with Gasteiger partial charge in [-0.05, 0) is 45.3 Å². The molecule has 0 saturated carbocycles. The number of aliphatic imine (C=N–C) groups is 1. The maximum atomic E-state index is 13.4. The van der Waals surface area contributed by atoms with Crippen LogP contribution < -0.4 is 16.4 Å². The van der Waals surface area contributed by atoms with Crippen LogP contribution in [0.15, 0.2) is 35.1 Å². The predicted octanol–water partition coefficient (Wildman–Crippen LogP) is 1.09. The number of hydrogen-bond donors (Lipinski definition) is 3. The normalized spacial score (nSPS) is 20.7. The van der Waals surface area contributed by atoms with Gasteiger partial charge in [-0.3, -0.25) is 5.73 Å². The molecule has 0 fully saturated rings. The number of allylic oxidation sites excluding steroid dienone is 1. The lowest BCUT2D eigenvalue weighted by Crippen LogP contribution is -2.52. The Labute approximate surface area is 128 Å². The minimum absolute atomic E-state index is 0.350. The number of nitrogens with zero attached hydrogens (tertiary/aromatic N) is 2. The molecule has 0 aromatic heterocycles. The summed E-state index contributed by atoms with van der Waals surface area (Å²) in [5, 5.41) is 6.22. The van der Waals surface area contributed by atoms with Crippen molar-refractivity contribution in [3.05, 3.63) is 47.3 Å². The summed E-state index contributed by atoms with van der Waals surface area (Å²) in [6.45, 7) is 1.73. The van der Waals surface area contributed by atoms with Crippen LogP contribution in [-0.4, -0.2) is 38.3 Å². The Hall–Kier alpha value is -1.99. The Bertz CT molecular complexity index is 585. The molecule has 7 heteroatoms. The average Bonchev–Trinajstić information content (AvgIpc) is 2.46. The van der Waals surface area contributed by atoms with Gasteiger partial charge in [0.2, 0.25) is 5.79 Å². The Morgan fingerprint density at radius 1 is 1.32 bits per heavy atom. The summed E-state index contributed by atoms with van der Waals surface area (Å²) < 4.78 is 26.4. The highest BCUT2D eigenvalue weighted by molar-refractivity contribution is 5.73. The van der Waals surface area contributed by atoms with Crippen LogP contribution in [0.25, 0.3) is 0 Å². The zero-order valence-electron chi connectivity index (χ0n) is 12.7. The van der Waals surface area contributed by atoms with Crippen molar-refractivity contribution in [3.63, 3.8) is 0 Å². The predicted molar refractivity (Wildman–Crippen MR) is 83.1 cm³/mol. The lowest BCUT2D eigenvalue weighted by atomic mass is 10.1. The zero-order valence-corrected chi connectivity index (χ0v) is 12.7. The Kier molecular flexibility index (Phi) is 5.10. The maximum Gasteiger partial charge on any atom is 0.210 e. The molecule has 1 aliphatic heterocycles. The minimum atomic E-state index is -1.31. The molecule has 1 atom stereocenters. The monoisotopic (exact) mass is 309 g/mol. The van der Waals surface area contributed by atoms with Crippen molar-refractivity contribution in [2.75, 3.05) is 27.2 Å². The minimum Gasteiger partial charge on any atom is -0.372 e. The first kappa shape index (κ1) is 16.4. The molecular weight excluding hydrogens is 288 g/mol. The van der Waals surface area contributed by atoms with Crippen LogP contribution in [-0.2, 0) is 5.79 Å². The molecule has 0 aliphatic carbocycles. The van der Waals surface area contributed by atoms with E-state index in [9.17, 15) is 8.78 Å². The van der Waals surface area contributed by atoms with Gasteiger partial charge in [0.1, 0.15) is 5.82 Å². The van der Waals surface area contributed by atoms with Crippen molar-refractivity contribution in [2.45, 2.75) is 12.2 Å². The summed E-state index contributed by atoms with van der Waals surface area (Å²) in [6, 6.07) is 3.51. The number of benzene rings is 1. The first-order valence-electron chi connectivity index (χ1n) is 7.07. The van der Waals surface area contributed by atoms with E-state index < -0.39 is 17.4 Å². The number of nitrogens with one attached hydrogen (secondary N) is 2. The van der Waals surface area contributed by atoms with Crippen molar-refractivity contribution < 1.29 is 8.78 Å². The molecule has 4 N–H and O–H groups in total. The largest absolute Gasteiger partial charge is 0.372 e. The van der Waals surface area contributed by atoms with Gasteiger partial charge >= 0.3 is 0 Å². The van der Waals surface area contributed by atoms with Gasteiger partial charge in [0.15, 0.2) is 11.6 Å². The van der Waals surface area contributed by atoms with Crippen LogP contribution >= 0.6 is 0 Å². The van der Waals surface area contributed by atoms with Gasteiger partial charge in [0.05, 0.1) is 0 Å². The molecule has 22 heavy (non-hydrogen) atoms. The highest BCUT2D eigenvalue weighted by Gasteiger charge is 2.29. The first-order chi connectivity index (χ1) is 10.4. The molecule has 0 amide bonds. The Balaban J connectivity index is 2.00. The van der Waals surface area contributed by atoms with Crippen molar-refractivity contribution in [1.82, 2.24) is 15.5 Å². The van der Waals surface area contributed by atoms with Gasteiger partial charge in [-0.25, -0.2) is 13.8 Å². The molecule has 120 valence electrons. The topological polar surface area (TPSA) is 65.7 Å². The molecule has 0 saturated heterocycles. The highest BCUT2D eigenvalue weighted by Crippen LogP contribution is 2.21. The van der Waals surface area contributed by atoms with Gasteiger partial charge in [-0.2, -0.15) is 0 Å². The zero-order chi connectivity index (χ0) is 16.2. The second-order valence-corrected chi connectivity index (χ2v) is 5.46. The van der Waals surface area contributed by atoms with Crippen LogP contribution in [0.1, 0.15) is 12.0 Å². The van der Waals surface area contributed by atoms with Gasteiger partial charge in [0, 0.05) is 18.3 Å². The molecule has 1 aliphatic rings. The summed E-state index contributed by atoms with van der Waals surface area (Å²) in [6.07, 6.45) is 4.26. The van der Waals surface area contributed by atoms with Crippen LogP contribution in [0, 0.1) is 11.6 Å². The smallest absolute Gasteiger partial charge is 0.210 e. The molecule has 0 bridgehead atoms. The van der Waals surface area contributed by atoms with Crippen LogP contribution in [0.2, 0.25) is 0 Å². The van der Waals surface area contributed by atoms with Crippen molar-refractivity contribution in [3.8, 4) is 0 Å². The standard InChI is InChI=1S/C15H21F2N5/c1-22(2)9-3-7-19-14-6-8-20-15(18,21-14)11-4-5-12(16)13(17)10-11/h4-6,8,10,19,21H,3,7,9,18H2,1-2H3. The van der Waals surface area contributed by atoms with E-state index in [1.54, 1.807) is 12.3 Å². The van der Waals surface area contributed by atoms with Gasteiger partial charge in [0.25, 0.3) is 0 Å². The van der Waals surface area contributed by atoms with E-state index in [2.05, 4.69) is 20.5 Å². The molecule has 1 aromatic rings. The third kappa shape index (κ3) is 4.02. The number of halogens is 2. The fourth-order valence-electron chi connectivity index (χ4n) is 2.11. The highest BCUT2D eigenvalue weighted by atomic mass is 19.2. The average molecular weight is 309 g/mol. The molecule has 0 spiro atoms. The van der Waals surface area contributed by atoms with E-state index in [1.165, 1.54) is 6.07 Å². The van der Waals surface area contributed by atoms with Crippen molar-refractivity contribution >= 4 is 6.21 Å². The summed E-state index contributed by atoms with van der Waals surface area (Å²) in [7, 11) is 4.03. The molecule has 1 heterocycles. The fourth-order valence-corrected chi connectivity index (χ4v) is 2.11. The Morgan fingerprint density at radius 2 is 2.09 bits per heavy atom. The first-order valence-corrected chi connectivity index (χ1v) is 7.07. The second kappa shape index (κ2) is 6.85. The van der Waals surface area contributed by atoms with Gasteiger partial charge in [-0.1, -0.05) is 6.07 Å². The van der Waals surface area contributed by atoms with Gasteiger partial charge < -0.3 is 15.5 Å². The van der Waals surface area contributed by atoms with E-state index >= 15 is 0 Å². The van der Waals surface area contributed by atoms with Crippen LogP contribution in [0.3, 0.4) is 0 Å². The second-order valence-electron chi connectivity index (χ2n) is 5.46. The lowest BCUT2D eigenvalue weighted by molar-refractivity contribution is 0.368. The van der Waals surface area contributed by atoms with Crippen LogP contribution in [0.5, 0.6) is 0 Å². The molecule has 1 unspecified atom stereocenters. The van der Waals surface area contributed by atoms with E-state index in [0.717, 1.165) is 31.6 Å². The number of hydrogen-bond acceptors (Lipinski definition) is 5. The molecule has 0 radical (unpaired) electrons. The third-order valence-corrected chi connectivity index (χ3v) is 3.30. The molecule has 1 aromatic carbocycles. The Morgan fingerprint density at radius 3 is 2.77 bits per heavy atom. The van der Waals surface area contributed by atoms with Gasteiger partial charge in [-0.15, -0.1) is 0 Å². The van der Waals surface area contributed by atoms with E-state index in [1.807, 2.05) is 14.1 Å². The summed E-state index contributed by atoms with van der Waals surface area (Å²) >= 11 is 0. The van der Waals surface area contributed by atoms with E-state index in [0.29, 0.717) is 11.4 Å². The molecular formula is C15H21F2N5. The SMILES string of the molecule is CN(C)CCCNC1=CC=NC(N)(c2ccc(F)c(F)c2)N1. The number of rotatable bonds is 6. The lowest BCUT2D eigenvalue weighted by Gasteiger charge is -2.31. The molecule has 5 nitrogen and oxygen atoms in total. The van der Waals surface area contributed by atoms with Crippen molar-refractivity contribution in [1.29, 1.82) is 0 Å². The summed E-state index contributed by atoms with van der Waals surface area (Å²) in [4.78, 5) is 6.23. The summed E-state index contributed by atoms with van der Waals surface area (Å²) in [5.41, 5.74) is 6.51. The maximum absolute atomic E-state index is 13.4. The van der Waals surface area contributed by atoms with E-state index in [4.69, 9.17) is 5.73 Å². The third-order valence-electron chi connectivity index (χ3n) is 3.30.